The van der Waals surface area contributed by atoms with Gasteiger partial charge in [-0.3, -0.25) is 14.5 Å². The number of anilines is 2. The summed E-state index contributed by atoms with van der Waals surface area (Å²) in [5.41, 5.74) is -0.0264. The Hall–Kier alpha value is -4.21. The van der Waals surface area contributed by atoms with Crippen molar-refractivity contribution in [3.8, 4) is 22.5 Å². The van der Waals surface area contributed by atoms with Crippen molar-refractivity contribution in [3.05, 3.63) is 83.9 Å². The van der Waals surface area contributed by atoms with E-state index in [0.717, 1.165) is 6.07 Å². The summed E-state index contributed by atoms with van der Waals surface area (Å²) in [6.07, 6.45) is -1.89. The fourth-order valence-corrected chi connectivity index (χ4v) is 3.58. The van der Waals surface area contributed by atoms with E-state index in [0.29, 0.717) is 17.3 Å². The first kappa shape index (κ1) is 23.9. The summed E-state index contributed by atoms with van der Waals surface area (Å²) in [5.74, 6) is -1.44. The van der Waals surface area contributed by atoms with Crippen LogP contribution < -0.4 is 5.32 Å². The molecule has 0 saturated carbocycles. The second kappa shape index (κ2) is 9.21. The molecule has 0 bridgehead atoms. The maximum Gasteiger partial charge on any atom is 0.417 e. The summed E-state index contributed by atoms with van der Waals surface area (Å²) in [4.78, 5) is 18.3. The highest BCUT2D eigenvalue weighted by Gasteiger charge is 2.35. The summed E-state index contributed by atoms with van der Waals surface area (Å²) in [7, 11) is 4.73. The van der Waals surface area contributed by atoms with Crippen LogP contribution in [0.1, 0.15) is 15.9 Å². The van der Waals surface area contributed by atoms with E-state index in [1.165, 1.54) is 34.1 Å². The Labute approximate surface area is 198 Å². The lowest BCUT2D eigenvalue weighted by atomic mass is 10.0. The van der Waals surface area contributed by atoms with Crippen LogP contribution in [-0.4, -0.2) is 39.7 Å². The van der Waals surface area contributed by atoms with Crippen molar-refractivity contribution < 1.29 is 22.4 Å². The van der Waals surface area contributed by atoms with Crippen LogP contribution in [0.2, 0.25) is 0 Å². The van der Waals surface area contributed by atoms with E-state index in [1.807, 2.05) is 6.07 Å². The molecule has 0 radical (unpaired) electrons. The number of aryl methyl sites for hydroxylation is 1. The minimum Gasteiger partial charge on any atom is -0.351 e. The topological polar surface area (TPSA) is 63.1 Å². The van der Waals surface area contributed by atoms with Gasteiger partial charge in [0, 0.05) is 44.7 Å². The van der Waals surface area contributed by atoms with E-state index in [9.17, 15) is 18.0 Å². The van der Waals surface area contributed by atoms with Gasteiger partial charge in [0.2, 0.25) is 0 Å². The van der Waals surface area contributed by atoms with Gasteiger partial charge in [0.25, 0.3) is 5.91 Å². The number of alkyl halides is 3. The standard InChI is InChI=1S/C25H21F4N5O/c1-33(2)24(35)16-11-22(23(30-14-16)15-7-5-4-6-8-15)31-21-12-17(20-9-10-34(3)32-20)18(13-19(21)26)25(27,28)29/h4-14,31H,1-3H3. The van der Waals surface area contributed by atoms with Crippen LogP contribution in [0.5, 0.6) is 0 Å². The van der Waals surface area contributed by atoms with Crippen LogP contribution >= 0.6 is 0 Å². The minimum absolute atomic E-state index is 0.0424. The highest BCUT2D eigenvalue weighted by molar-refractivity contribution is 5.96. The molecule has 35 heavy (non-hydrogen) atoms. The molecular weight excluding hydrogens is 462 g/mol. The maximum absolute atomic E-state index is 15.0. The molecule has 0 aliphatic rings. The molecule has 2 heterocycles. The number of hydrogen-bond acceptors (Lipinski definition) is 4. The molecule has 0 unspecified atom stereocenters. The molecule has 0 atom stereocenters. The lowest BCUT2D eigenvalue weighted by Gasteiger charge is -2.18. The second-order valence-corrected chi connectivity index (χ2v) is 8.06. The number of nitrogens with one attached hydrogen (secondary N) is 1. The molecule has 0 aliphatic heterocycles. The van der Waals surface area contributed by atoms with Crippen molar-refractivity contribution in [1.82, 2.24) is 19.7 Å². The number of hydrogen-bond donors (Lipinski definition) is 1. The van der Waals surface area contributed by atoms with Gasteiger partial charge in [-0.1, -0.05) is 30.3 Å². The van der Waals surface area contributed by atoms with E-state index in [4.69, 9.17) is 0 Å². The lowest BCUT2D eigenvalue weighted by Crippen LogP contribution is -2.22. The van der Waals surface area contributed by atoms with E-state index in [1.54, 1.807) is 45.4 Å². The van der Waals surface area contributed by atoms with Crippen molar-refractivity contribution in [2.45, 2.75) is 6.18 Å². The third kappa shape index (κ3) is 5.01. The fraction of sp³-hybridized carbons (Fsp3) is 0.160. The maximum atomic E-state index is 15.0. The number of amides is 1. The number of rotatable bonds is 5. The number of pyridine rings is 1. The van der Waals surface area contributed by atoms with Crippen LogP contribution in [0.4, 0.5) is 28.9 Å². The molecule has 0 aliphatic carbocycles. The van der Waals surface area contributed by atoms with Crippen LogP contribution in [-0.2, 0) is 13.2 Å². The highest BCUT2D eigenvalue weighted by Crippen LogP contribution is 2.40. The number of carbonyl (C=O) groups is 1. The van der Waals surface area contributed by atoms with Gasteiger partial charge in [0.1, 0.15) is 5.82 Å². The molecule has 10 heteroatoms. The first-order chi connectivity index (χ1) is 16.5. The van der Waals surface area contributed by atoms with Crippen molar-refractivity contribution in [3.63, 3.8) is 0 Å². The highest BCUT2D eigenvalue weighted by atomic mass is 19.4. The third-order valence-electron chi connectivity index (χ3n) is 5.26. The predicted octanol–water partition coefficient (Wildman–Crippen LogP) is 5.75. The van der Waals surface area contributed by atoms with Crippen LogP contribution in [0.3, 0.4) is 0 Å². The van der Waals surface area contributed by atoms with E-state index in [2.05, 4.69) is 15.4 Å². The summed E-state index contributed by atoms with van der Waals surface area (Å²) in [6.45, 7) is 0. The summed E-state index contributed by atoms with van der Waals surface area (Å²) >= 11 is 0. The summed E-state index contributed by atoms with van der Waals surface area (Å²) in [5, 5.41) is 6.92. The van der Waals surface area contributed by atoms with Gasteiger partial charge in [-0.2, -0.15) is 18.3 Å². The molecule has 0 fully saturated rings. The molecule has 0 spiro atoms. The average molecular weight is 483 g/mol. The van der Waals surface area contributed by atoms with Crippen molar-refractivity contribution >= 4 is 17.3 Å². The largest absolute Gasteiger partial charge is 0.417 e. The normalized spacial score (nSPS) is 11.4. The van der Waals surface area contributed by atoms with Crippen molar-refractivity contribution in [1.29, 1.82) is 0 Å². The SMILES string of the molecule is CN(C)C(=O)c1cnc(-c2ccccc2)c(Nc2cc(-c3ccn(C)n3)c(C(F)(F)F)cc2F)c1. The van der Waals surface area contributed by atoms with E-state index < -0.39 is 17.6 Å². The molecule has 2 aromatic carbocycles. The molecule has 1 N–H and O–H groups in total. The molecular formula is C25H21F4N5O. The molecule has 180 valence electrons. The van der Waals surface area contributed by atoms with Crippen molar-refractivity contribution in [2.75, 3.05) is 19.4 Å². The predicted molar refractivity (Wildman–Crippen MR) is 125 cm³/mol. The Balaban J connectivity index is 1.87. The molecule has 6 nitrogen and oxygen atoms in total. The summed E-state index contributed by atoms with van der Waals surface area (Å²) < 4.78 is 57.5. The van der Waals surface area contributed by atoms with E-state index in [-0.39, 0.29) is 34.1 Å². The van der Waals surface area contributed by atoms with Crippen LogP contribution in [0, 0.1) is 5.82 Å². The minimum atomic E-state index is -4.79. The fourth-order valence-electron chi connectivity index (χ4n) is 3.58. The first-order valence-electron chi connectivity index (χ1n) is 10.5. The zero-order valence-corrected chi connectivity index (χ0v) is 19.1. The Morgan fingerprint density at radius 2 is 1.74 bits per heavy atom. The Morgan fingerprint density at radius 1 is 1.03 bits per heavy atom. The van der Waals surface area contributed by atoms with Gasteiger partial charge >= 0.3 is 6.18 Å². The number of nitrogens with zero attached hydrogens (tertiary/aromatic N) is 4. The van der Waals surface area contributed by atoms with Crippen LogP contribution in [0.15, 0.2) is 67.0 Å². The van der Waals surface area contributed by atoms with Gasteiger partial charge in [0.05, 0.1) is 33.9 Å². The van der Waals surface area contributed by atoms with E-state index >= 15 is 4.39 Å². The Morgan fingerprint density at radius 3 is 2.34 bits per heavy atom. The molecule has 4 rings (SSSR count). The Kier molecular flexibility index (Phi) is 6.29. The van der Waals surface area contributed by atoms with Gasteiger partial charge in [0.15, 0.2) is 0 Å². The number of carbonyl (C=O) groups excluding carboxylic acids is 1. The van der Waals surface area contributed by atoms with Gasteiger partial charge in [-0.25, -0.2) is 4.39 Å². The van der Waals surface area contributed by atoms with Crippen LogP contribution in [0.25, 0.3) is 22.5 Å². The zero-order valence-electron chi connectivity index (χ0n) is 19.1. The second-order valence-electron chi connectivity index (χ2n) is 8.06. The third-order valence-corrected chi connectivity index (χ3v) is 5.26. The average Bonchev–Trinajstić information content (AvgIpc) is 3.25. The van der Waals surface area contributed by atoms with Gasteiger partial charge in [-0.05, 0) is 24.3 Å². The van der Waals surface area contributed by atoms with Gasteiger partial charge < -0.3 is 10.2 Å². The number of benzene rings is 2. The first-order valence-corrected chi connectivity index (χ1v) is 10.5. The number of aromatic nitrogens is 3. The Bertz CT molecular complexity index is 1380. The monoisotopic (exact) mass is 483 g/mol. The zero-order chi connectivity index (χ0) is 25.3. The van der Waals surface area contributed by atoms with Crippen molar-refractivity contribution in [2.24, 2.45) is 7.05 Å². The molecule has 1 amide bonds. The smallest absolute Gasteiger partial charge is 0.351 e. The molecule has 4 aromatic rings. The lowest BCUT2D eigenvalue weighted by molar-refractivity contribution is -0.137. The van der Waals surface area contributed by atoms with Gasteiger partial charge in [-0.15, -0.1) is 0 Å². The molecule has 0 saturated heterocycles. The molecule has 2 aromatic heterocycles. The summed E-state index contributed by atoms with van der Waals surface area (Å²) in [6, 6.07) is 13.4. The quantitative estimate of drug-likeness (QED) is 0.367. The number of halogens is 4.